The van der Waals surface area contributed by atoms with Gasteiger partial charge in [0.05, 0.1) is 18.8 Å². The van der Waals surface area contributed by atoms with Crippen LogP contribution in [0.4, 0.5) is 0 Å². The summed E-state index contributed by atoms with van der Waals surface area (Å²) in [5, 5.41) is 23.0. The molecule has 0 aliphatic rings. The number of allylic oxidation sites excluding steroid dienone is 2. The first-order valence-corrected chi connectivity index (χ1v) is 17.4. The largest absolute Gasteiger partial charge is 0.394 e. The molecule has 2 unspecified atom stereocenters. The van der Waals surface area contributed by atoms with Gasteiger partial charge >= 0.3 is 0 Å². The van der Waals surface area contributed by atoms with Crippen molar-refractivity contribution in [2.24, 2.45) is 0 Å². The molecule has 0 heterocycles. The molecule has 0 saturated carbocycles. The summed E-state index contributed by atoms with van der Waals surface area (Å²) in [5.74, 6) is -0.0413. The van der Waals surface area contributed by atoms with Gasteiger partial charge in [-0.3, -0.25) is 4.79 Å². The Bertz CT molecular complexity index is 522. The van der Waals surface area contributed by atoms with Crippen LogP contribution in [0.2, 0.25) is 0 Å². The number of hydrogen-bond donors (Lipinski definition) is 3. The first-order valence-electron chi connectivity index (χ1n) is 17.4. The number of hydrogen-bond acceptors (Lipinski definition) is 3. The summed E-state index contributed by atoms with van der Waals surface area (Å²) in [6, 6.07) is -0.534. The Hall–Kier alpha value is -0.870. The first kappa shape index (κ1) is 38.1. The molecule has 0 bridgehead atoms. The van der Waals surface area contributed by atoms with Gasteiger partial charge in [0.1, 0.15) is 0 Å². The highest BCUT2D eigenvalue weighted by atomic mass is 16.3. The Balaban J connectivity index is 3.58. The van der Waals surface area contributed by atoms with Crippen LogP contribution < -0.4 is 5.32 Å². The highest BCUT2D eigenvalue weighted by Gasteiger charge is 2.19. The fraction of sp³-hybridized carbons (Fsp3) is 0.914. The van der Waals surface area contributed by atoms with Crippen LogP contribution >= 0.6 is 0 Å². The van der Waals surface area contributed by atoms with Crippen LogP contribution in [0.15, 0.2) is 12.2 Å². The van der Waals surface area contributed by atoms with Gasteiger partial charge in [-0.15, -0.1) is 0 Å². The number of amides is 1. The van der Waals surface area contributed by atoms with Crippen LogP contribution in [0, 0.1) is 0 Å². The summed E-state index contributed by atoms with van der Waals surface area (Å²) in [4.78, 5) is 12.3. The Morgan fingerprint density at radius 3 is 1.41 bits per heavy atom. The normalized spacial score (nSPS) is 13.2. The van der Waals surface area contributed by atoms with E-state index in [1.165, 1.54) is 135 Å². The quantitative estimate of drug-likeness (QED) is 0.0593. The molecule has 0 aliphatic carbocycles. The maximum atomic E-state index is 12.3. The zero-order valence-electron chi connectivity index (χ0n) is 26.4. The van der Waals surface area contributed by atoms with Crippen molar-refractivity contribution in [3.63, 3.8) is 0 Å². The molecular formula is C35H69NO3. The molecule has 39 heavy (non-hydrogen) atoms. The second kappa shape index (κ2) is 31.7. The van der Waals surface area contributed by atoms with Gasteiger partial charge in [0, 0.05) is 6.42 Å². The van der Waals surface area contributed by atoms with E-state index in [-0.39, 0.29) is 12.5 Å². The van der Waals surface area contributed by atoms with E-state index in [1.54, 1.807) is 0 Å². The molecule has 4 heteroatoms. The fourth-order valence-electron chi connectivity index (χ4n) is 5.29. The minimum absolute atomic E-state index is 0.0413. The minimum Gasteiger partial charge on any atom is -0.394 e. The lowest BCUT2D eigenvalue weighted by Gasteiger charge is -2.22. The maximum Gasteiger partial charge on any atom is 0.220 e. The number of nitrogens with one attached hydrogen (secondary N) is 1. The van der Waals surface area contributed by atoms with Crippen LogP contribution in [0.5, 0.6) is 0 Å². The molecule has 0 fully saturated rings. The highest BCUT2D eigenvalue weighted by Crippen LogP contribution is 2.14. The molecule has 0 radical (unpaired) electrons. The lowest BCUT2D eigenvalue weighted by atomic mass is 10.0. The third-order valence-corrected chi connectivity index (χ3v) is 8.03. The number of aliphatic hydroxyl groups excluding tert-OH is 2. The van der Waals surface area contributed by atoms with E-state index in [4.69, 9.17) is 0 Å². The lowest BCUT2D eigenvalue weighted by Crippen LogP contribution is -2.45. The van der Waals surface area contributed by atoms with Crippen molar-refractivity contribution in [1.82, 2.24) is 5.32 Å². The Kier molecular flexibility index (Phi) is 30.9. The fourth-order valence-corrected chi connectivity index (χ4v) is 5.29. The predicted molar refractivity (Wildman–Crippen MR) is 170 cm³/mol. The van der Waals surface area contributed by atoms with Crippen molar-refractivity contribution in [1.29, 1.82) is 0 Å². The average molecular weight is 552 g/mol. The summed E-state index contributed by atoms with van der Waals surface area (Å²) in [7, 11) is 0. The van der Waals surface area contributed by atoms with Gasteiger partial charge in [0.25, 0.3) is 0 Å². The summed E-state index contributed by atoms with van der Waals surface area (Å²) < 4.78 is 0. The summed E-state index contributed by atoms with van der Waals surface area (Å²) in [6.45, 7) is 4.33. The SMILES string of the molecule is CCCCCCCC/C=C\CCCCCCCC(=O)NC(CO)C(O)CCCCCCCCCCCCCC. The number of carbonyl (C=O) groups is 1. The van der Waals surface area contributed by atoms with Crippen LogP contribution in [0.3, 0.4) is 0 Å². The van der Waals surface area contributed by atoms with Crippen molar-refractivity contribution < 1.29 is 15.0 Å². The smallest absolute Gasteiger partial charge is 0.220 e. The van der Waals surface area contributed by atoms with Crippen LogP contribution in [-0.4, -0.2) is 34.9 Å². The average Bonchev–Trinajstić information content (AvgIpc) is 2.94. The van der Waals surface area contributed by atoms with Crippen molar-refractivity contribution in [3.05, 3.63) is 12.2 Å². The third kappa shape index (κ3) is 28.5. The van der Waals surface area contributed by atoms with E-state index in [1.807, 2.05) is 0 Å². The Labute approximate surface area is 244 Å². The van der Waals surface area contributed by atoms with Gasteiger partial charge in [0.2, 0.25) is 5.91 Å². The van der Waals surface area contributed by atoms with E-state index in [0.29, 0.717) is 12.8 Å². The van der Waals surface area contributed by atoms with E-state index in [0.717, 1.165) is 25.7 Å². The summed E-state index contributed by atoms with van der Waals surface area (Å²) >= 11 is 0. The van der Waals surface area contributed by atoms with Gasteiger partial charge in [0.15, 0.2) is 0 Å². The van der Waals surface area contributed by atoms with E-state index in [9.17, 15) is 15.0 Å². The van der Waals surface area contributed by atoms with Crippen molar-refractivity contribution in [2.75, 3.05) is 6.61 Å². The molecule has 0 aromatic carbocycles. The van der Waals surface area contributed by atoms with Gasteiger partial charge in [-0.1, -0.05) is 154 Å². The maximum absolute atomic E-state index is 12.3. The molecule has 0 aromatic rings. The van der Waals surface area contributed by atoms with Crippen LogP contribution in [0.25, 0.3) is 0 Å². The minimum atomic E-state index is -0.656. The molecule has 0 aromatic heterocycles. The number of carbonyl (C=O) groups excluding carboxylic acids is 1. The van der Waals surface area contributed by atoms with Crippen LogP contribution in [-0.2, 0) is 4.79 Å². The van der Waals surface area contributed by atoms with E-state index >= 15 is 0 Å². The van der Waals surface area contributed by atoms with E-state index in [2.05, 4.69) is 31.3 Å². The monoisotopic (exact) mass is 552 g/mol. The van der Waals surface area contributed by atoms with Gasteiger partial charge in [-0.2, -0.15) is 0 Å². The van der Waals surface area contributed by atoms with Crippen molar-refractivity contribution >= 4 is 5.91 Å². The number of rotatable bonds is 31. The Morgan fingerprint density at radius 1 is 0.590 bits per heavy atom. The topological polar surface area (TPSA) is 69.6 Å². The number of aliphatic hydroxyl groups is 2. The molecular weight excluding hydrogens is 482 g/mol. The third-order valence-electron chi connectivity index (χ3n) is 8.03. The van der Waals surface area contributed by atoms with E-state index < -0.39 is 12.1 Å². The van der Waals surface area contributed by atoms with Crippen molar-refractivity contribution in [2.45, 2.75) is 199 Å². The van der Waals surface area contributed by atoms with Gasteiger partial charge in [-0.25, -0.2) is 0 Å². The second-order valence-corrected chi connectivity index (χ2v) is 11.9. The molecule has 1 amide bonds. The highest BCUT2D eigenvalue weighted by molar-refractivity contribution is 5.76. The van der Waals surface area contributed by atoms with Crippen molar-refractivity contribution in [3.8, 4) is 0 Å². The molecule has 0 aliphatic heterocycles. The number of unbranched alkanes of at least 4 members (excludes halogenated alkanes) is 22. The second-order valence-electron chi connectivity index (χ2n) is 11.9. The molecule has 4 nitrogen and oxygen atoms in total. The molecule has 3 N–H and O–H groups in total. The Morgan fingerprint density at radius 2 is 0.974 bits per heavy atom. The predicted octanol–water partition coefficient (Wildman–Crippen LogP) is 9.95. The molecule has 232 valence electrons. The van der Waals surface area contributed by atoms with Crippen LogP contribution in [0.1, 0.15) is 187 Å². The zero-order chi connectivity index (χ0) is 28.7. The first-order chi connectivity index (χ1) is 19.2. The summed E-state index contributed by atoms with van der Waals surface area (Å²) in [5.41, 5.74) is 0. The van der Waals surface area contributed by atoms with Gasteiger partial charge in [-0.05, 0) is 38.5 Å². The standard InChI is InChI=1S/C35H69NO3/c1-3-5-7-9-11-13-15-17-18-19-21-23-25-27-29-31-35(39)36-33(32-37)34(38)30-28-26-24-22-20-16-14-12-10-8-6-4-2/h17-18,33-34,37-38H,3-16,19-32H2,1-2H3,(H,36,39)/b18-17-. The summed E-state index contributed by atoms with van der Waals surface area (Å²) in [6.07, 6.45) is 36.8. The molecule has 0 saturated heterocycles. The molecule has 0 spiro atoms. The molecule has 0 rings (SSSR count). The van der Waals surface area contributed by atoms with Gasteiger partial charge < -0.3 is 15.5 Å². The zero-order valence-corrected chi connectivity index (χ0v) is 26.4. The molecule has 2 atom stereocenters. The lowest BCUT2D eigenvalue weighted by molar-refractivity contribution is -0.123.